The van der Waals surface area contributed by atoms with Crippen LogP contribution in [0.1, 0.15) is 41.0 Å². The zero-order valence-corrected chi connectivity index (χ0v) is 18.5. The van der Waals surface area contributed by atoms with Crippen LogP contribution in [0, 0.1) is 13.8 Å². The fourth-order valence-corrected chi connectivity index (χ4v) is 3.58. The number of anilines is 1. The molecule has 0 radical (unpaired) electrons. The molecule has 0 atom stereocenters. The summed E-state index contributed by atoms with van der Waals surface area (Å²) in [5.41, 5.74) is 4.46. The molecule has 3 aromatic rings. The molecule has 0 spiro atoms. The summed E-state index contributed by atoms with van der Waals surface area (Å²) in [6.07, 6.45) is 0.103. The second-order valence-electron chi connectivity index (χ2n) is 7.55. The molecule has 31 heavy (non-hydrogen) atoms. The summed E-state index contributed by atoms with van der Waals surface area (Å²) in [5.74, 6) is -0.574. The molecule has 0 aliphatic rings. The van der Waals surface area contributed by atoms with E-state index in [1.807, 2.05) is 26.0 Å². The van der Waals surface area contributed by atoms with Gasteiger partial charge in [-0.15, -0.1) is 0 Å². The van der Waals surface area contributed by atoms with Crippen molar-refractivity contribution < 1.29 is 18.8 Å². The SMILES string of the molecule is CCN(CC)CCOC(=O)c1ccc(NC(=O)Cc2noc3cc(C)cc(C)c23)cc1. The third-order valence-electron chi connectivity index (χ3n) is 5.25. The van der Waals surface area contributed by atoms with Gasteiger partial charge in [0.2, 0.25) is 5.91 Å². The third-order valence-corrected chi connectivity index (χ3v) is 5.25. The molecule has 0 fully saturated rings. The fourth-order valence-electron chi connectivity index (χ4n) is 3.58. The van der Waals surface area contributed by atoms with E-state index in [4.69, 9.17) is 9.26 Å². The summed E-state index contributed by atoms with van der Waals surface area (Å²) in [5, 5.41) is 7.78. The lowest BCUT2D eigenvalue weighted by atomic mass is 10.0. The maximum Gasteiger partial charge on any atom is 0.338 e. The zero-order chi connectivity index (χ0) is 22.4. The first kappa shape index (κ1) is 22.5. The zero-order valence-electron chi connectivity index (χ0n) is 18.5. The van der Waals surface area contributed by atoms with Gasteiger partial charge in [0.05, 0.1) is 12.0 Å². The lowest BCUT2D eigenvalue weighted by Gasteiger charge is -2.17. The number of ether oxygens (including phenoxy) is 1. The van der Waals surface area contributed by atoms with Gasteiger partial charge in [-0.25, -0.2) is 4.79 Å². The molecule has 164 valence electrons. The van der Waals surface area contributed by atoms with Crippen molar-refractivity contribution in [3.63, 3.8) is 0 Å². The number of nitrogens with zero attached hydrogens (tertiary/aromatic N) is 2. The van der Waals surface area contributed by atoms with Gasteiger partial charge in [0, 0.05) is 17.6 Å². The molecule has 0 aliphatic heterocycles. The maximum atomic E-state index is 12.5. The van der Waals surface area contributed by atoms with E-state index in [-0.39, 0.29) is 18.3 Å². The van der Waals surface area contributed by atoms with Crippen molar-refractivity contribution in [2.75, 3.05) is 31.6 Å². The van der Waals surface area contributed by atoms with Crippen LogP contribution in [0.2, 0.25) is 0 Å². The predicted octanol–water partition coefficient (Wildman–Crippen LogP) is 4.12. The standard InChI is InChI=1S/C24H29N3O4/c1-5-27(6-2)11-12-30-24(29)18-7-9-19(10-8-18)25-22(28)15-20-23-17(4)13-16(3)14-21(23)31-26-20/h7-10,13-14H,5-6,11-12,15H2,1-4H3,(H,25,28). The number of hydrogen-bond acceptors (Lipinski definition) is 6. The molecule has 1 N–H and O–H groups in total. The second-order valence-corrected chi connectivity index (χ2v) is 7.55. The van der Waals surface area contributed by atoms with Gasteiger partial charge >= 0.3 is 5.97 Å². The molecule has 0 saturated carbocycles. The highest BCUT2D eigenvalue weighted by atomic mass is 16.5. The number of likely N-dealkylation sites (N-methyl/N-ethyl adjacent to an activating group) is 1. The topological polar surface area (TPSA) is 84.7 Å². The third kappa shape index (κ3) is 5.70. The second kappa shape index (κ2) is 10.2. The largest absolute Gasteiger partial charge is 0.461 e. The van der Waals surface area contributed by atoms with Crippen molar-refractivity contribution in [1.82, 2.24) is 10.1 Å². The Hall–Kier alpha value is -3.19. The molecule has 3 rings (SSSR count). The van der Waals surface area contributed by atoms with Gasteiger partial charge in [0.1, 0.15) is 12.3 Å². The van der Waals surface area contributed by atoms with Crippen LogP contribution in [0.15, 0.2) is 40.9 Å². The normalized spacial score (nSPS) is 11.1. The first-order valence-corrected chi connectivity index (χ1v) is 10.6. The molecule has 2 aromatic carbocycles. The van der Waals surface area contributed by atoms with Crippen molar-refractivity contribution >= 4 is 28.5 Å². The Morgan fingerprint density at radius 1 is 1.10 bits per heavy atom. The lowest BCUT2D eigenvalue weighted by molar-refractivity contribution is -0.115. The number of benzene rings is 2. The number of hydrogen-bond donors (Lipinski definition) is 1. The van der Waals surface area contributed by atoms with Crippen LogP contribution in [0.5, 0.6) is 0 Å². The minimum absolute atomic E-state index is 0.103. The Bertz CT molecular complexity index is 1050. The summed E-state index contributed by atoms with van der Waals surface area (Å²) < 4.78 is 10.7. The molecule has 1 heterocycles. The fraction of sp³-hybridized carbons (Fsp3) is 0.375. The van der Waals surface area contributed by atoms with E-state index >= 15 is 0 Å². The van der Waals surface area contributed by atoms with Crippen molar-refractivity contribution in [3.8, 4) is 0 Å². The number of amides is 1. The molecule has 7 heteroatoms. The van der Waals surface area contributed by atoms with Gasteiger partial charge in [-0.2, -0.15) is 0 Å². The van der Waals surface area contributed by atoms with Crippen LogP contribution >= 0.6 is 0 Å². The van der Waals surface area contributed by atoms with Crippen LogP contribution < -0.4 is 5.32 Å². The van der Waals surface area contributed by atoms with E-state index in [0.29, 0.717) is 35.7 Å². The van der Waals surface area contributed by atoms with E-state index in [1.165, 1.54) is 0 Å². The van der Waals surface area contributed by atoms with Gasteiger partial charge in [-0.05, 0) is 68.4 Å². The summed E-state index contributed by atoms with van der Waals surface area (Å²) in [4.78, 5) is 26.9. The summed E-state index contributed by atoms with van der Waals surface area (Å²) in [7, 11) is 0. The van der Waals surface area contributed by atoms with Crippen LogP contribution in [-0.4, -0.2) is 48.2 Å². The van der Waals surface area contributed by atoms with Crippen LogP contribution in [0.3, 0.4) is 0 Å². The van der Waals surface area contributed by atoms with Gasteiger partial charge in [0.15, 0.2) is 5.58 Å². The van der Waals surface area contributed by atoms with Gasteiger partial charge in [-0.3, -0.25) is 4.79 Å². The number of carbonyl (C=O) groups excluding carboxylic acids is 2. The van der Waals surface area contributed by atoms with Crippen molar-refractivity contribution in [1.29, 1.82) is 0 Å². The number of aromatic nitrogens is 1. The average molecular weight is 424 g/mol. The quantitative estimate of drug-likeness (QED) is 0.521. The van der Waals surface area contributed by atoms with E-state index in [1.54, 1.807) is 24.3 Å². The van der Waals surface area contributed by atoms with E-state index in [2.05, 4.69) is 29.2 Å². The predicted molar refractivity (Wildman–Crippen MR) is 120 cm³/mol. The van der Waals surface area contributed by atoms with Crippen molar-refractivity contribution in [2.24, 2.45) is 0 Å². The highest BCUT2D eigenvalue weighted by Gasteiger charge is 2.15. The van der Waals surface area contributed by atoms with Crippen LogP contribution in [-0.2, 0) is 16.0 Å². The number of carbonyl (C=O) groups is 2. The van der Waals surface area contributed by atoms with Crippen molar-refractivity contribution in [2.45, 2.75) is 34.1 Å². The molecule has 0 unspecified atom stereocenters. The van der Waals surface area contributed by atoms with E-state index < -0.39 is 0 Å². The average Bonchev–Trinajstić information content (AvgIpc) is 3.14. The first-order chi connectivity index (χ1) is 14.9. The minimum Gasteiger partial charge on any atom is -0.461 e. The van der Waals surface area contributed by atoms with Gasteiger partial charge in [-0.1, -0.05) is 25.1 Å². The van der Waals surface area contributed by atoms with Crippen LogP contribution in [0.4, 0.5) is 5.69 Å². The number of aryl methyl sites for hydroxylation is 2. The molecule has 0 saturated heterocycles. The highest BCUT2D eigenvalue weighted by Crippen LogP contribution is 2.24. The molecule has 1 amide bonds. The highest BCUT2D eigenvalue weighted by molar-refractivity contribution is 5.96. The Morgan fingerprint density at radius 2 is 1.81 bits per heavy atom. The summed E-state index contributed by atoms with van der Waals surface area (Å²) in [6, 6.07) is 10.6. The molecular formula is C24H29N3O4. The maximum absolute atomic E-state index is 12.5. The Balaban J connectivity index is 1.56. The Labute approximate surface area is 182 Å². The molecule has 1 aromatic heterocycles. The molecule has 0 bridgehead atoms. The Kier molecular flexibility index (Phi) is 7.41. The first-order valence-electron chi connectivity index (χ1n) is 10.6. The molecule has 0 aliphatic carbocycles. The minimum atomic E-state index is -0.370. The lowest BCUT2D eigenvalue weighted by Crippen LogP contribution is -2.27. The molecule has 7 nitrogen and oxygen atoms in total. The smallest absolute Gasteiger partial charge is 0.338 e. The van der Waals surface area contributed by atoms with Crippen molar-refractivity contribution in [3.05, 3.63) is 58.8 Å². The number of rotatable bonds is 9. The molecular weight excluding hydrogens is 394 g/mol. The van der Waals surface area contributed by atoms with E-state index in [9.17, 15) is 9.59 Å². The number of esters is 1. The monoisotopic (exact) mass is 423 g/mol. The summed E-state index contributed by atoms with van der Waals surface area (Å²) >= 11 is 0. The van der Waals surface area contributed by atoms with E-state index in [0.717, 1.165) is 29.6 Å². The number of nitrogens with one attached hydrogen (secondary N) is 1. The Morgan fingerprint density at radius 3 is 2.48 bits per heavy atom. The summed E-state index contributed by atoms with van der Waals surface area (Å²) in [6.45, 7) is 11.0. The number of fused-ring (bicyclic) bond motifs is 1. The van der Waals surface area contributed by atoms with Gasteiger partial charge < -0.3 is 19.5 Å². The van der Waals surface area contributed by atoms with Gasteiger partial charge in [0.25, 0.3) is 0 Å². The van der Waals surface area contributed by atoms with Crippen LogP contribution in [0.25, 0.3) is 11.0 Å².